The highest BCUT2D eigenvalue weighted by molar-refractivity contribution is 6.12. The lowest BCUT2D eigenvalue weighted by molar-refractivity contribution is -0.126. The van der Waals surface area contributed by atoms with E-state index in [1.54, 1.807) is 4.90 Å². The number of nitrogen functional groups attached to an aromatic ring is 1. The third-order valence-electron chi connectivity index (χ3n) is 7.03. The number of aromatic nitrogens is 3. The highest BCUT2D eigenvalue weighted by Gasteiger charge is 2.37. The summed E-state index contributed by atoms with van der Waals surface area (Å²) in [5.74, 6) is 6.80. The van der Waals surface area contributed by atoms with Crippen LogP contribution in [0.3, 0.4) is 0 Å². The smallest absolute Gasteiger partial charge is 0.255 e. The van der Waals surface area contributed by atoms with E-state index < -0.39 is 0 Å². The first kappa shape index (κ1) is 23.6. The van der Waals surface area contributed by atoms with Crippen LogP contribution in [0.4, 0.5) is 5.82 Å². The predicted octanol–water partition coefficient (Wildman–Crippen LogP) is 3.61. The molecule has 3 heterocycles. The summed E-state index contributed by atoms with van der Waals surface area (Å²) in [6, 6.07) is 9.46. The molecule has 36 heavy (non-hydrogen) atoms. The van der Waals surface area contributed by atoms with E-state index in [1.165, 1.54) is 12.4 Å². The maximum Gasteiger partial charge on any atom is 0.255 e. The first-order chi connectivity index (χ1) is 17.4. The molecule has 2 aromatic heterocycles. The Hall–Kier alpha value is -4.12. The maximum atomic E-state index is 13.8. The minimum Gasteiger partial charge on any atom is -0.383 e. The lowest BCUT2D eigenvalue weighted by Gasteiger charge is -2.19. The van der Waals surface area contributed by atoms with Gasteiger partial charge in [-0.15, -0.1) is 0 Å². The summed E-state index contributed by atoms with van der Waals surface area (Å²) >= 11 is 0. The van der Waals surface area contributed by atoms with Crippen molar-refractivity contribution >= 4 is 28.7 Å². The number of anilines is 1. The van der Waals surface area contributed by atoms with Crippen LogP contribution < -0.4 is 11.1 Å². The SMILES string of the molecule is C=CC(=O)N1CC(n2c(C#CC3CC3)c(C(=O)N[C@H](C)c3ccccc3)c3c(N)ncnc32)CC1C. The number of fused-ring (bicyclic) bond motifs is 1. The van der Waals surface area contributed by atoms with E-state index in [-0.39, 0.29) is 35.8 Å². The molecule has 0 spiro atoms. The number of benzene rings is 1. The second-order valence-corrected chi connectivity index (χ2v) is 9.63. The van der Waals surface area contributed by atoms with E-state index in [4.69, 9.17) is 5.73 Å². The molecule has 2 unspecified atom stereocenters. The standard InChI is InChI=1S/C28H30N6O2/c1-4-23(35)33-15-21(14-17(33)2)34-22(13-12-19-10-11-19)24(25-26(29)30-16-31-27(25)34)28(36)32-18(3)20-8-6-5-7-9-20/h4-9,16-19,21H,1,10-11,14-15H2,2-3H3,(H,32,36)(H2,29,30,31)/t17?,18-,21?/m1/s1. The number of hydrogen-bond donors (Lipinski definition) is 2. The van der Waals surface area contributed by atoms with Crippen LogP contribution in [0.5, 0.6) is 0 Å². The van der Waals surface area contributed by atoms with E-state index in [1.807, 2.05) is 48.7 Å². The maximum absolute atomic E-state index is 13.8. The van der Waals surface area contributed by atoms with Gasteiger partial charge in [0.2, 0.25) is 5.91 Å². The van der Waals surface area contributed by atoms with Crippen molar-refractivity contribution in [2.75, 3.05) is 12.3 Å². The number of nitrogens with two attached hydrogens (primary N) is 1. The van der Waals surface area contributed by atoms with Crippen molar-refractivity contribution in [3.8, 4) is 11.8 Å². The first-order valence-electron chi connectivity index (χ1n) is 12.3. The molecular weight excluding hydrogens is 452 g/mol. The molecule has 8 nitrogen and oxygen atoms in total. The van der Waals surface area contributed by atoms with Gasteiger partial charge in [0.25, 0.3) is 5.91 Å². The summed E-state index contributed by atoms with van der Waals surface area (Å²) in [6.45, 7) is 8.07. The normalized spacial score (nSPS) is 20.0. The van der Waals surface area contributed by atoms with Gasteiger partial charge < -0.3 is 20.5 Å². The number of likely N-dealkylation sites (tertiary alicyclic amines) is 1. The van der Waals surface area contributed by atoms with Gasteiger partial charge in [-0.25, -0.2) is 9.97 Å². The average molecular weight is 483 g/mol. The summed E-state index contributed by atoms with van der Waals surface area (Å²) in [5, 5.41) is 3.61. The monoisotopic (exact) mass is 482 g/mol. The predicted molar refractivity (Wildman–Crippen MR) is 139 cm³/mol. The number of rotatable bonds is 5. The molecule has 3 atom stereocenters. The number of nitrogens with one attached hydrogen (secondary N) is 1. The fourth-order valence-corrected chi connectivity index (χ4v) is 4.96. The van der Waals surface area contributed by atoms with Crippen LogP contribution in [-0.4, -0.2) is 43.8 Å². The summed E-state index contributed by atoms with van der Waals surface area (Å²) in [7, 11) is 0. The molecule has 1 aromatic carbocycles. The van der Waals surface area contributed by atoms with Gasteiger partial charge in [-0.05, 0) is 50.7 Å². The van der Waals surface area contributed by atoms with Gasteiger partial charge >= 0.3 is 0 Å². The largest absolute Gasteiger partial charge is 0.383 e. The number of hydrogen-bond acceptors (Lipinski definition) is 5. The lowest BCUT2D eigenvalue weighted by atomic mass is 10.1. The second-order valence-electron chi connectivity index (χ2n) is 9.63. The third-order valence-corrected chi connectivity index (χ3v) is 7.03. The quantitative estimate of drug-likeness (QED) is 0.427. The molecule has 1 aliphatic carbocycles. The van der Waals surface area contributed by atoms with Gasteiger partial charge in [0.15, 0.2) is 0 Å². The Morgan fingerprint density at radius 1 is 1.25 bits per heavy atom. The number of carbonyl (C=O) groups excluding carboxylic acids is 2. The molecule has 0 bridgehead atoms. The Morgan fingerprint density at radius 2 is 2.00 bits per heavy atom. The van der Waals surface area contributed by atoms with Gasteiger partial charge in [-0.1, -0.05) is 42.8 Å². The molecule has 1 aliphatic heterocycles. The molecule has 3 aromatic rings. The summed E-state index contributed by atoms with van der Waals surface area (Å²) in [4.78, 5) is 36.8. The Bertz CT molecular complexity index is 1400. The minimum absolute atomic E-state index is 0.0109. The van der Waals surface area contributed by atoms with Crippen molar-refractivity contribution in [3.05, 3.63) is 66.1 Å². The Morgan fingerprint density at radius 3 is 2.69 bits per heavy atom. The fourth-order valence-electron chi connectivity index (χ4n) is 4.96. The summed E-state index contributed by atoms with van der Waals surface area (Å²) < 4.78 is 2.00. The van der Waals surface area contributed by atoms with Crippen molar-refractivity contribution < 1.29 is 9.59 Å². The molecule has 2 fully saturated rings. The van der Waals surface area contributed by atoms with Crippen LogP contribution in [0.25, 0.3) is 11.0 Å². The molecule has 1 saturated heterocycles. The zero-order chi connectivity index (χ0) is 25.4. The van der Waals surface area contributed by atoms with Crippen molar-refractivity contribution in [3.63, 3.8) is 0 Å². The highest BCUT2D eigenvalue weighted by Crippen LogP contribution is 2.37. The van der Waals surface area contributed by atoms with Crippen LogP contribution in [0.1, 0.15) is 66.8 Å². The van der Waals surface area contributed by atoms with Crippen LogP contribution in [0.15, 0.2) is 49.3 Å². The number of carbonyl (C=O) groups is 2. The topological polar surface area (TPSA) is 106 Å². The minimum atomic E-state index is -0.276. The molecule has 0 radical (unpaired) electrons. The fraction of sp³-hybridized carbons (Fsp3) is 0.357. The molecular formula is C28H30N6O2. The first-order valence-corrected chi connectivity index (χ1v) is 12.3. The average Bonchev–Trinajstić information content (AvgIpc) is 3.54. The van der Waals surface area contributed by atoms with E-state index in [0.717, 1.165) is 18.4 Å². The Labute approximate surface area is 210 Å². The molecule has 1 saturated carbocycles. The zero-order valence-corrected chi connectivity index (χ0v) is 20.6. The molecule has 8 heteroatoms. The Balaban J connectivity index is 1.63. The highest BCUT2D eigenvalue weighted by atomic mass is 16.2. The molecule has 184 valence electrons. The second kappa shape index (κ2) is 9.50. The summed E-state index contributed by atoms with van der Waals surface area (Å²) in [6.07, 6.45) is 5.57. The molecule has 2 aliphatic rings. The van der Waals surface area contributed by atoms with Gasteiger partial charge in [0, 0.05) is 18.5 Å². The van der Waals surface area contributed by atoms with E-state index in [9.17, 15) is 9.59 Å². The van der Waals surface area contributed by atoms with Crippen LogP contribution in [0.2, 0.25) is 0 Å². The van der Waals surface area contributed by atoms with Crippen molar-refractivity contribution in [2.45, 2.75) is 51.2 Å². The number of nitrogens with zero attached hydrogens (tertiary/aromatic N) is 4. The van der Waals surface area contributed by atoms with Crippen LogP contribution >= 0.6 is 0 Å². The van der Waals surface area contributed by atoms with Gasteiger partial charge in [0.1, 0.15) is 23.5 Å². The lowest BCUT2D eigenvalue weighted by Crippen LogP contribution is -2.32. The van der Waals surface area contributed by atoms with Crippen molar-refractivity contribution in [1.29, 1.82) is 0 Å². The number of amides is 2. The van der Waals surface area contributed by atoms with E-state index in [2.05, 4.69) is 33.7 Å². The van der Waals surface area contributed by atoms with E-state index >= 15 is 0 Å². The molecule has 3 N–H and O–H groups in total. The summed E-state index contributed by atoms with van der Waals surface area (Å²) in [5.41, 5.74) is 8.86. The van der Waals surface area contributed by atoms with E-state index in [0.29, 0.717) is 41.2 Å². The van der Waals surface area contributed by atoms with Crippen LogP contribution in [-0.2, 0) is 4.79 Å². The van der Waals surface area contributed by atoms with Gasteiger partial charge in [-0.3, -0.25) is 9.59 Å². The third kappa shape index (κ3) is 4.33. The van der Waals surface area contributed by atoms with Crippen LogP contribution in [0, 0.1) is 17.8 Å². The zero-order valence-electron chi connectivity index (χ0n) is 20.6. The molecule has 5 rings (SSSR count). The molecule has 2 amide bonds. The van der Waals surface area contributed by atoms with Crippen molar-refractivity contribution in [2.24, 2.45) is 5.92 Å². The Kier molecular flexibility index (Phi) is 6.23. The van der Waals surface area contributed by atoms with Crippen molar-refractivity contribution in [1.82, 2.24) is 24.8 Å². The van der Waals surface area contributed by atoms with Gasteiger partial charge in [0.05, 0.1) is 23.0 Å². The van der Waals surface area contributed by atoms with Gasteiger partial charge in [-0.2, -0.15) is 0 Å².